The summed E-state index contributed by atoms with van der Waals surface area (Å²) in [5.74, 6) is -0.356. The number of benzene rings is 1. The highest BCUT2D eigenvalue weighted by Gasteiger charge is 2.31. The van der Waals surface area contributed by atoms with E-state index in [2.05, 4.69) is 9.72 Å². The van der Waals surface area contributed by atoms with E-state index in [0.29, 0.717) is 11.1 Å². The summed E-state index contributed by atoms with van der Waals surface area (Å²) in [5, 5.41) is 0. The standard InChI is InChI=1S/C13H10F3NO2/c1-8-5-11(12(18)17-7-8)9-3-2-4-10(6-9)19-13(14,15)16/h2-7H,1H3,(H,17,18). The molecule has 3 nitrogen and oxygen atoms in total. The summed E-state index contributed by atoms with van der Waals surface area (Å²) >= 11 is 0. The molecule has 1 aromatic heterocycles. The molecule has 1 aromatic carbocycles. The van der Waals surface area contributed by atoms with Crippen LogP contribution in [0.1, 0.15) is 5.56 Å². The quantitative estimate of drug-likeness (QED) is 0.909. The molecule has 0 unspecified atom stereocenters. The fourth-order valence-corrected chi connectivity index (χ4v) is 1.67. The van der Waals surface area contributed by atoms with Gasteiger partial charge in [-0.15, -0.1) is 13.2 Å². The van der Waals surface area contributed by atoms with Crippen LogP contribution in [0.5, 0.6) is 5.75 Å². The van der Waals surface area contributed by atoms with Crippen LogP contribution in [0.2, 0.25) is 0 Å². The number of hydrogen-bond acceptors (Lipinski definition) is 2. The van der Waals surface area contributed by atoms with Crippen molar-refractivity contribution in [3.8, 4) is 16.9 Å². The van der Waals surface area contributed by atoms with Crippen LogP contribution in [-0.2, 0) is 0 Å². The van der Waals surface area contributed by atoms with Gasteiger partial charge in [-0.3, -0.25) is 4.79 Å². The second-order valence-corrected chi connectivity index (χ2v) is 4.00. The zero-order valence-electron chi connectivity index (χ0n) is 9.91. The highest BCUT2D eigenvalue weighted by molar-refractivity contribution is 5.64. The molecule has 2 rings (SSSR count). The van der Waals surface area contributed by atoms with Crippen molar-refractivity contribution >= 4 is 0 Å². The van der Waals surface area contributed by atoms with E-state index in [-0.39, 0.29) is 11.3 Å². The van der Waals surface area contributed by atoms with Crippen LogP contribution >= 0.6 is 0 Å². The Bertz CT molecular complexity index is 647. The van der Waals surface area contributed by atoms with Gasteiger partial charge in [0, 0.05) is 11.8 Å². The first-order valence-electron chi connectivity index (χ1n) is 5.41. The predicted octanol–water partition coefficient (Wildman–Crippen LogP) is 3.25. The summed E-state index contributed by atoms with van der Waals surface area (Å²) in [6.45, 7) is 1.77. The molecule has 0 aliphatic rings. The molecule has 19 heavy (non-hydrogen) atoms. The number of aromatic nitrogens is 1. The van der Waals surface area contributed by atoms with Gasteiger partial charge in [0.25, 0.3) is 5.56 Å². The van der Waals surface area contributed by atoms with Crippen LogP contribution in [0.4, 0.5) is 13.2 Å². The normalized spacial score (nSPS) is 11.4. The number of aromatic amines is 1. The molecular weight excluding hydrogens is 259 g/mol. The lowest BCUT2D eigenvalue weighted by molar-refractivity contribution is -0.274. The number of aryl methyl sites for hydroxylation is 1. The SMILES string of the molecule is Cc1c[nH]c(=O)c(-c2cccc(OC(F)(F)F)c2)c1. The molecule has 0 bridgehead atoms. The highest BCUT2D eigenvalue weighted by atomic mass is 19.4. The molecule has 100 valence electrons. The Morgan fingerprint density at radius 3 is 2.63 bits per heavy atom. The molecule has 0 aliphatic heterocycles. The maximum atomic E-state index is 12.1. The van der Waals surface area contributed by atoms with Crippen molar-refractivity contribution in [2.24, 2.45) is 0 Å². The van der Waals surface area contributed by atoms with E-state index in [1.54, 1.807) is 19.1 Å². The minimum atomic E-state index is -4.75. The van der Waals surface area contributed by atoms with Crippen molar-refractivity contribution in [1.29, 1.82) is 0 Å². The molecule has 0 saturated carbocycles. The van der Waals surface area contributed by atoms with E-state index in [1.807, 2.05) is 0 Å². The number of ether oxygens (including phenoxy) is 1. The lowest BCUT2D eigenvalue weighted by atomic mass is 10.1. The molecule has 0 saturated heterocycles. The second-order valence-electron chi connectivity index (χ2n) is 4.00. The number of alkyl halides is 3. The van der Waals surface area contributed by atoms with Gasteiger partial charge in [-0.1, -0.05) is 12.1 Å². The van der Waals surface area contributed by atoms with Crippen LogP contribution in [-0.4, -0.2) is 11.3 Å². The van der Waals surface area contributed by atoms with Gasteiger partial charge in [0.2, 0.25) is 0 Å². The van der Waals surface area contributed by atoms with Crippen molar-refractivity contribution in [1.82, 2.24) is 4.98 Å². The van der Waals surface area contributed by atoms with Crippen LogP contribution in [0.25, 0.3) is 11.1 Å². The Morgan fingerprint density at radius 2 is 1.95 bits per heavy atom. The fraction of sp³-hybridized carbons (Fsp3) is 0.154. The van der Waals surface area contributed by atoms with Gasteiger partial charge in [0.05, 0.1) is 0 Å². The summed E-state index contributed by atoms with van der Waals surface area (Å²) in [5.41, 5.74) is 1.10. The van der Waals surface area contributed by atoms with Crippen molar-refractivity contribution in [2.75, 3.05) is 0 Å². The predicted molar refractivity (Wildman–Crippen MR) is 63.9 cm³/mol. The molecule has 6 heteroatoms. The molecule has 0 spiro atoms. The van der Waals surface area contributed by atoms with Gasteiger partial charge < -0.3 is 9.72 Å². The average molecular weight is 269 g/mol. The minimum Gasteiger partial charge on any atom is -0.406 e. The third-order valence-corrected chi connectivity index (χ3v) is 2.43. The molecule has 1 heterocycles. The van der Waals surface area contributed by atoms with E-state index in [1.165, 1.54) is 24.4 Å². The lowest BCUT2D eigenvalue weighted by Crippen LogP contribution is -2.17. The maximum Gasteiger partial charge on any atom is 0.573 e. The van der Waals surface area contributed by atoms with Gasteiger partial charge >= 0.3 is 6.36 Å². The Labute approximate surface area is 106 Å². The maximum absolute atomic E-state index is 12.1. The molecule has 0 radical (unpaired) electrons. The number of H-pyrrole nitrogens is 1. The molecule has 2 aromatic rings. The summed E-state index contributed by atoms with van der Waals surface area (Å²) in [6.07, 6.45) is -3.22. The molecular formula is C13H10F3NO2. The largest absolute Gasteiger partial charge is 0.573 e. The molecule has 0 fully saturated rings. The van der Waals surface area contributed by atoms with Crippen molar-refractivity contribution in [3.63, 3.8) is 0 Å². The highest BCUT2D eigenvalue weighted by Crippen LogP contribution is 2.26. The van der Waals surface area contributed by atoms with E-state index < -0.39 is 6.36 Å². The molecule has 0 amide bonds. The summed E-state index contributed by atoms with van der Waals surface area (Å²) in [6, 6.07) is 6.91. The monoisotopic (exact) mass is 269 g/mol. The van der Waals surface area contributed by atoms with Gasteiger partial charge in [-0.2, -0.15) is 0 Å². The Balaban J connectivity index is 2.43. The van der Waals surface area contributed by atoms with Crippen molar-refractivity contribution in [2.45, 2.75) is 13.3 Å². The first-order chi connectivity index (χ1) is 8.85. The van der Waals surface area contributed by atoms with Crippen LogP contribution in [0.15, 0.2) is 41.3 Å². The average Bonchev–Trinajstić information content (AvgIpc) is 2.30. The zero-order valence-corrected chi connectivity index (χ0v) is 9.91. The van der Waals surface area contributed by atoms with Crippen molar-refractivity contribution < 1.29 is 17.9 Å². The lowest BCUT2D eigenvalue weighted by Gasteiger charge is -2.10. The number of hydrogen-bond donors (Lipinski definition) is 1. The van der Waals surface area contributed by atoms with Gasteiger partial charge in [0.1, 0.15) is 5.75 Å². The Kier molecular flexibility index (Phi) is 3.33. The summed E-state index contributed by atoms with van der Waals surface area (Å²) < 4.78 is 40.2. The van der Waals surface area contributed by atoms with Gasteiger partial charge in [-0.05, 0) is 36.2 Å². The van der Waals surface area contributed by atoms with Crippen LogP contribution < -0.4 is 10.3 Å². The first kappa shape index (κ1) is 13.2. The van der Waals surface area contributed by atoms with Crippen molar-refractivity contribution in [3.05, 3.63) is 52.4 Å². The van der Waals surface area contributed by atoms with Gasteiger partial charge in [-0.25, -0.2) is 0 Å². The first-order valence-corrected chi connectivity index (χ1v) is 5.41. The van der Waals surface area contributed by atoms with E-state index in [0.717, 1.165) is 5.56 Å². The number of halogens is 3. The van der Waals surface area contributed by atoms with Gasteiger partial charge in [0.15, 0.2) is 0 Å². The smallest absolute Gasteiger partial charge is 0.406 e. The topological polar surface area (TPSA) is 42.1 Å². The van der Waals surface area contributed by atoms with E-state index in [4.69, 9.17) is 0 Å². The molecule has 0 atom stereocenters. The third-order valence-electron chi connectivity index (χ3n) is 2.43. The Hall–Kier alpha value is -2.24. The second kappa shape index (κ2) is 4.79. The number of pyridine rings is 1. The van der Waals surface area contributed by atoms with E-state index >= 15 is 0 Å². The number of rotatable bonds is 2. The molecule has 1 N–H and O–H groups in total. The zero-order chi connectivity index (χ0) is 14.0. The van der Waals surface area contributed by atoms with Crippen LogP contribution in [0, 0.1) is 6.92 Å². The van der Waals surface area contributed by atoms with E-state index in [9.17, 15) is 18.0 Å². The number of nitrogens with one attached hydrogen (secondary N) is 1. The summed E-state index contributed by atoms with van der Waals surface area (Å²) in [4.78, 5) is 14.2. The minimum absolute atomic E-state index is 0.299. The molecule has 0 aliphatic carbocycles. The third kappa shape index (κ3) is 3.37. The fourth-order valence-electron chi connectivity index (χ4n) is 1.67. The van der Waals surface area contributed by atoms with Crippen LogP contribution in [0.3, 0.4) is 0 Å². The Morgan fingerprint density at radius 1 is 1.21 bits per heavy atom. The summed E-state index contributed by atoms with van der Waals surface area (Å²) in [7, 11) is 0.